The van der Waals surface area contributed by atoms with Gasteiger partial charge >= 0.3 is 0 Å². The Hall–Kier alpha value is -2.38. The number of ether oxygens (including phenoxy) is 2. The van der Waals surface area contributed by atoms with Crippen molar-refractivity contribution in [3.8, 4) is 5.75 Å². The zero-order valence-corrected chi connectivity index (χ0v) is 17.0. The number of amides is 2. The first-order valence-electron chi connectivity index (χ1n) is 8.66. The Morgan fingerprint density at radius 1 is 1.00 bits per heavy atom. The molecule has 27 heavy (non-hydrogen) atoms. The highest BCUT2D eigenvalue weighted by Crippen LogP contribution is 2.26. The van der Waals surface area contributed by atoms with E-state index in [0.29, 0.717) is 42.3 Å². The number of benzene rings is 2. The maximum atomic E-state index is 12.4. The third-order valence-electron chi connectivity index (χ3n) is 3.65. The van der Waals surface area contributed by atoms with Gasteiger partial charge in [0.15, 0.2) is 0 Å². The molecule has 0 saturated heterocycles. The van der Waals surface area contributed by atoms with Crippen LogP contribution in [0.25, 0.3) is 0 Å². The molecule has 2 N–H and O–H groups in total. The molecule has 7 heteroatoms. The first kappa shape index (κ1) is 20.9. The number of carbonyl (C=O) groups is 2. The minimum atomic E-state index is -0.241. The number of hydrogen-bond acceptors (Lipinski definition) is 4. The van der Waals surface area contributed by atoms with E-state index in [9.17, 15) is 9.59 Å². The molecule has 0 radical (unpaired) electrons. The monoisotopic (exact) mass is 434 g/mol. The minimum absolute atomic E-state index is 0.184. The van der Waals surface area contributed by atoms with Gasteiger partial charge in [-0.25, -0.2) is 0 Å². The fraction of sp³-hybridized carbons (Fsp3) is 0.300. The topological polar surface area (TPSA) is 76.7 Å². The van der Waals surface area contributed by atoms with Crippen molar-refractivity contribution in [3.05, 3.63) is 58.1 Å². The molecule has 0 aliphatic carbocycles. The highest BCUT2D eigenvalue weighted by Gasteiger charge is 2.11. The highest BCUT2D eigenvalue weighted by molar-refractivity contribution is 9.10. The summed E-state index contributed by atoms with van der Waals surface area (Å²) in [5, 5.41) is 5.56. The summed E-state index contributed by atoms with van der Waals surface area (Å²) in [5.74, 6) is 0.281. The second-order valence-corrected chi connectivity index (χ2v) is 6.63. The smallest absolute Gasteiger partial charge is 0.255 e. The average molecular weight is 435 g/mol. The van der Waals surface area contributed by atoms with Crippen LogP contribution in [0.15, 0.2) is 46.9 Å². The van der Waals surface area contributed by atoms with Crippen molar-refractivity contribution in [2.75, 3.05) is 32.2 Å². The Morgan fingerprint density at radius 2 is 1.70 bits per heavy atom. The minimum Gasteiger partial charge on any atom is -0.492 e. The van der Waals surface area contributed by atoms with Crippen LogP contribution in [0.5, 0.6) is 5.75 Å². The van der Waals surface area contributed by atoms with E-state index in [1.807, 2.05) is 6.92 Å². The van der Waals surface area contributed by atoms with Crippen molar-refractivity contribution in [1.82, 2.24) is 5.32 Å². The number of anilines is 1. The summed E-state index contributed by atoms with van der Waals surface area (Å²) < 4.78 is 11.2. The van der Waals surface area contributed by atoms with E-state index in [-0.39, 0.29) is 11.8 Å². The number of rotatable bonds is 9. The Balaban J connectivity index is 1.97. The van der Waals surface area contributed by atoms with Crippen LogP contribution in [0, 0.1) is 0 Å². The van der Waals surface area contributed by atoms with Gasteiger partial charge in [-0.2, -0.15) is 0 Å². The lowest BCUT2D eigenvalue weighted by atomic mass is 10.1. The quantitative estimate of drug-likeness (QED) is 0.587. The zero-order valence-electron chi connectivity index (χ0n) is 15.4. The van der Waals surface area contributed by atoms with Gasteiger partial charge in [-0.1, -0.05) is 6.92 Å². The second-order valence-electron chi connectivity index (χ2n) is 5.77. The maximum Gasteiger partial charge on any atom is 0.255 e. The summed E-state index contributed by atoms with van der Waals surface area (Å²) >= 11 is 3.42. The molecule has 2 rings (SSSR count). The number of methoxy groups -OCH3 is 1. The molecule has 0 spiro atoms. The molecule has 144 valence electrons. The predicted octanol–water partition coefficient (Wildman–Crippen LogP) is 3.87. The van der Waals surface area contributed by atoms with Crippen molar-refractivity contribution in [3.63, 3.8) is 0 Å². The standard InChI is InChI=1S/C20H23BrN2O4/c1-3-11-27-18-9-6-15(13-17(18)21)20(25)23-16-7-4-14(5-8-16)19(24)22-10-12-26-2/h4-9,13H,3,10-12H2,1-2H3,(H,22,24)(H,23,25). The number of halogens is 1. The molecule has 0 unspecified atom stereocenters. The molecule has 6 nitrogen and oxygen atoms in total. The van der Waals surface area contributed by atoms with Gasteiger partial charge in [0.2, 0.25) is 0 Å². The summed E-state index contributed by atoms with van der Waals surface area (Å²) in [7, 11) is 1.58. The van der Waals surface area contributed by atoms with E-state index in [1.54, 1.807) is 49.6 Å². The summed E-state index contributed by atoms with van der Waals surface area (Å²) in [6, 6.07) is 11.9. The largest absolute Gasteiger partial charge is 0.492 e. The molecule has 0 aliphatic rings. The molecule has 0 atom stereocenters. The molecule has 2 aromatic carbocycles. The van der Waals surface area contributed by atoms with E-state index in [0.717, 1.165) is 10.9 Å². The highest BCUT2D eigenvalue weighted by atomic mass is 79.9. The molecule has 0 bridgehead atoms. The molecule has 0 aromatic heterocycles. The maximum absolute atomic E-state index is 12.4. The molecule has 0 aliphatic heterocycles. The summed E-state index contributed by atoms with van der Waals surface area (Å²) in [5.41, 5.74) is 1.63. The van der Waals surface area contributed by atoms with E-state index < -0.39 is 0 Å². The molecule has 0 heterocycles. The Morgan fingerprint density at radius 3 is 2.33 bits per heavy atom. The lowest BCUT2D eigenvalue weighted by Gasteiger charge is -2.10. The van der Waals surface area contributed by atoms with Gasteiger partial charge in [0.05, 0.1) is 17.7 Å². The first-order valence-corrected chi connectivity index (χ1v) is 9.45. The third-order valence-corrected chi connectivity index (χ3v) is 4.27. The van der Waals surface area contributed by atoms with Crippen LogP contribution in [0.3, 0.4) is 0 Å². The van der Waals surface area contributed by atoms with E-state index in [1.165, 1.54) is 0 Å². The molecule has 2 amide bonds. The Kier molecular flexibility index (Phi) is 8.29. The summed E-state index contributed by atoms with van der Waals surface area (Å²) in [6.45, 7) is 3.55. The van der Waals surface area contributed by atoms with Gasteiger partial charge in [-0.05, 0) is 64.8 Å². The molecule has 2 aromatic rings. The van der Waals surface area contributed by atoms with Gasteiger partial charge in [0, 0.05) is 30.5 Å². The Labute approximate surface area is 167 Å². The van der Waals surface area contributed by atoms with Crippen molar-refractivity contribution >= 4 is 33.4 Å². The lowest BCUT2D eigenvalue weighted by Crippen LogP contribution is -2.26. The molecule has 0 fully saturated rings. The van der Waals surface area contributed by atoms with Crippen LogP contribution in [-0.4, -0.2) is 38.7 Å². The van der Waals surface area contributed by atoms with Gasteiger partial charge < -0.3 is 20.1 Å². The van der Waals surface area contributed by atoms with Gasteiger partial charge in [-0.15, -0.1) is 0 Å². The first-order chi connectivity index (χ1) is 13.0. The molecular formula is C20H23BrN2O4. The second kappa shape index (κ2) is 10.7. The summed E-state index contributed by atoms with van der Waals surface area (Å²) in [4.78, 5) is 24.4. The fourth-order valence-electron chi connectivity index (χ4n) is 2.25. The lowest BCUT2D eigenvalue weighted by molar-refractivity contribution is 0.0936. The number of nitrogens with one attached hydrogen (secondary N) is 2. The van der Waals surface area contributed by atoms with Crippen molar-refractivity contribution in [2.24, 2.45) is 0 Å². The van der Waals surface area contributed by atoms with E-state index in [4.69, 9.17) is 9.47 Å². The van der Waals surface area contributed by atoms with E-state index >= 15 is 0 Å². The van der Waals surface area contributed by atoms with Crippen LogP contribution < -0.4 is 15.4 Å². The molecular weight excluding hydrogens is 412 g/mol. The predicted molar refractivity (Wildman–Crippen MR) is 109 cm³/mol. The Bertz CT molecular complexity index is 778. The normalized spacial score (nSPS) is 10.3. The van der Waals surface area contributed by atoms with Gasteiger partial charge in [0.25, 0.3) is 11.8 Å². The van der Waals surface area contributed by atoms with Crippen molar-refractivity contribution in [2.45, 2.75) is 13.3 Å². The summed E-state index contributed by atoms with van der Waals surface area (Å²) in [6.07, 6.45) is 0.912. The van der Waals surface area contributed by atoms with Gasteiger partial charge in [-0.3, -0.25) is 9.59 Å². The van der Waals surface area contributed by atoms with Crippen LogP contribution in [-0.2, 0) is 4.74 Å². The van der Waals surface area contributed by atoms with Crippen LogP contribution >= 0.6 is 15.9 Å². The van der Waals surface area contributed by atoms with Gasteiger partial charge in [0.1, 0.15) is 5.75 Å². The van der Waals surface area contributed by atoms with E-state index in [2.05, 4.69) is 26.6 Å². The molecule has 0 saturated carbocycles. The van der Waals surface area contributed by atoms with Crippen LogP contribution in [0.1, 0.15) is 34.1 Å². The SMILES string of the molecule is CCCOc1ccc(C(=O)Nc2ccc(C(=O)NCCOC)cc2)cc1Br. The van der Waals surface area contributed by atoms with Crippen molar-refractivity contribution in [1.29, 1.82) is 0 Å². The zero-order chi connectivity index (χ0) is 19.6. The number of carbonyl (C=O) groups excluding carboxylic acids is 2. The average Bonchev–Trinajstić information content (AvgIpc) is 2.67. The van der Waals surface area contributed by atoms with Crippen molar-refractivity contribution < 1.29 is 19.1 Å². The third kappa shape index (κ3) is 6.37. The van der Waals surface area contributed by atoms with Crippen LogP contribution in [0.4, 0.5) is 5.69 Å². The fourth-order valence-corrected chi connectivity index (χ4v) is 2.74. The number of hydrogen-bond donors (Lipinski definition) is 2. The van der Waals surface area contributed by atoms with Crippen LogP contribution in [0.2, 0.25) is 0 Å².